The molecule has 1 N–H and O–H groups in total. The first-order valence-electron chi connectivity index (χ1n) is 6.33. The van der Waals surface area contributed by atoms with Crippen LogP contribution < -0.4 is 5.32 Å². The van der Waals surface area contributed by atoms with E-state index in [2.05, 4.69) is 23.5 Å². The summed E-state index contributed by atoms with van der Waals surface area (Å²) in [4.78, 5) is 1.22. The summed E-state index contributed by atoms with van der Waals surface area (Å²) >= 11 is 8.16. The van der Waals surface area contributed by atoms with E-state index in [1.165, 1.54) is 22.4 Å². The number of ether oxygens (including phenoxy) is 1. The Labute approximate surface area is 116 Å². The van der Waals surface area contributed by atoms with Crippen molar-refractivity contribution in [3.8, 4) is 0 Å². The summed E-state index contributed by atoms with van der Waals surface area (Å²) in [6.07, 6.45) is 2.75. The third kappa shape index (κ3) is 2.54. The Kier molecular flexibility index (Phi) is 3.85. The Morgan fingerprint density at radius 1 is 1.39 bits per heavy atom. The maximum absolute atomic E-state index is 6.39. The smallest absolute Gasteiger partial charge is 0.0700 e. The second-order valence-electron chi connectivity index (χ2n) is 4.60. The van der Waals surface area contributed by atoms with E-state index in [9.17, 15) is 0 Å². The number of nitrogens with one attached hydrogen (secondary N) is 1. The molecule has 2 aromatic rings. The summed E-state index contributed by atoms with van der Waals surface area (Å²) in [5.41, 5.74) is 0. The van der Waals surface area contributed by atoms with Crippen LogP contribution in [0.5, 0.6) is 0 Å². The van der Waals surface area contributed by atoms with Crippen LogP contribution in [0.2, 0.25) is 5.02 Å². The fraction of sp³-hybridized carbons (Fsp3) is 0.429. The molecule has 0 radical (unpaired) electrons. The van der Waals surface area contributed by atoms with Gasteiger partial charge in [-0.1, -0.05) is 29.8 Å². The number of hydrogen-bond donors (Lipinski definition) is 1. The van der Waals surface area contributed by atoms with Gasteiger partial charge < -0.3 is 10.1 Å². The molecule has 1 fully saturated rings. The average Bonchev–Trinajstić information content (AvgIpc) is 3.00. The third-order valence-corrected chi connectivity index (χ3v) is 5.00. The van der Waals surface area contributed by atoms with Crippen LogP contribution in [0, 0.1) is 0 Å². The molecule has 0 bridgehead atoms. The van der Waals surface area contributed by atoms with E-state index in [1.807, 2.05) is 6.07 Å². The maximum Gasteiger partial charge on any atom is 0.0700 e. The first-order chi connectivity index (χ1) is 8.84. The fourth-order valence-electron chi connectivity index (χ4n) is 2.33. The molecule has 18 heavy (non-hydrogen) atoms. The van der Waals surface area contributed by atoms with E-state index in [1.54, 1.807) is 11.3 Å². The number of rotatable bonds is 4. The van der Waals surface area contributed by atoms with E-state index in [-0.39, 0.29) is 0 Å². The normalized spacial score (nSPS) is 19.7. The molecule has 1 aliphatic heterocycles. The predicted octanol–water partition coefficient (Wildman–Crippen LogP) is 3.82. The van der Waals surface area contributed by atoms with Gasteiger partial charge in [-0.05, 0) is 18.9 Å². The Balaban J connectivity index is 1.65. The first-order valence-corrected chi connectivity index (χ1v) is 7.52. The van der Waals surface area contributed by atoms with E-state index in [4.69, 9.17) is 16.3 Å². The predicted molar refractivity (Wildman–Crippen MR) is 77.5 cm³/mol. The molecule has 2 nitrogen and oxygen atoms in total. The van der Waals surface area contributed by atoms with Crippen LogP contribution in [0.4, 0.5) is 0 Å². The lowest BCUT2D eigenvalue weighted by Crippen LogP contribution is -2.25. The van der Waals surface area contributed by atoms with Crippen molar-refractivity contribution in [2.75, 3.05) is 13.2 Å². The monoisotopic (exact) mass is 281 g/mol. The molecule has 0 spiro atoms. The van der Waals surface area contributed by atoms with Gasteiger partial charge in [-0.15, -0.1) is 11.3 Å². The number of hydrogen-bond acceptors (Lipinski definition) is 3. The van der Waals surface area contributed by atoms with Crippen molar-refractivity contribution in [3.63, 3.8) is 0 Å². The first kappa shape index (κ1) is 12.4. The second kappa shape index (κ2) is 5.57. The highest BCUT2D eigenvalue weighted by Gasteiger charge is 2.15. The molecule has 1 aliphatic rings. The zero-order valence-corrected chi connectivity index (χ0v) is 11.7. The van der Waals surface area contributed by atoms with E-state index in [0.29, 0.717) is 6.10 Å². The van der Waals surface area contributed by atoms with E-state index < -0.39 is 0 Å². The standard InChI is InChI=1S/C14H16ClNOS/c15-14-11-5-1-2-6-12(11)18-13(14)9-16-8-10-4-3-7-17-10/h1-2,5-6,10,16H,3-4,7-9H2. The molecule has 1 saturated heterocycles. The van der Waals surface area contributed by atoms with Gasteiger partial charge in [0.05, 0.1) is 11.1 Å². The van der Waals surface area contributed by atoms with Crippen molar-refractivity contribution in [1.82, 2.24) is 5.32 Å². The minimum absolute atomic E-state index is 0.387. The van der Waals surface area contributed by atoms with Crippen LogP contribution in [0.15, 0.2) is 24.3 Å². The topological polar surface area (TPSA) is 21.3 Å². The van der Waals surface area contributed by atoms with Crippen LogP contribution in [0.1, 0.15) is 17.7 Å². The molecule has 0 saturated carbocycles. The zero-order chi connectivity index (χ0) is 12.4. The van der Waals surface area contributed by atoms with Crippen molar-refractivity contribution >= 4 is 33.0 Å². The van der Waals surface area contributed by atoms with Crippen molar-refractivity contribution < 1.29 is 4.74 Å². The molecule has 1 atom stereocenters. The van der Waals surface area contributed by atoms with Gasteiger partial charge >= 0.3 is 0 Å². The molecule has 1 unspecified atom stereocenters. The minimum Gasteiger partial charge on any atom is -0.377 e. The van der Waals surface area contributed by atoms with Gasteiger partial charge in [0.2, 0.25) is 0 Å². The van der Waals surface area contributed by atoms with Crippen LogP contribution in [0.3, 0.4) is 0 Å². The Morgan fingerprint density at radius 2 is 2.28 bits per heavy atom. The molecule has 2 heterocycles. The largest absolute Gasteiger partial charge is 0.377 e. The lowest BCUT2D eigenvalue weighted by Gasteiger charge is -2.09. The molecule has 1 aromatic heterocycles. The van der Waals surface area contributed by atoms with E-state index in [0.717, 1.165) is 30.1 Å². The molecule has 1 aromatic carbocycles. The molecular formula is C14H16ClNOS. The number of thiophene rings is 1. The summed E-state index contributed by atoms with van der Waals surface area (Å²) in [5.74, 6) is 0. The highest BCUT2D eigenvalue weighted by molar-refractivity contribution is 7.19. The van der Waals surface area contributed by atoms with Crippen molar-refractivity contribution in [2.45, 2.75) is 25.5 Å². The molecule has 0 aliphatic carbocycles. The van der Waals surface area contributed by atoms with Gasteiger partial charge in [-0.25, -0.2) is 0 Å². The maximum atomic E-state index is 6.39. The number of benzene rings is 1. The van der Waals surface area contributed by atoms with Gasteiger partial charge in [0, 0.05) is 34.7 Å². The summed E-state index contributed by atoms with van der Waals surface area (Å²) in [5, 5.41) is 5.51. The second-order valence-corrected chi connectivity index (χ2v) is 6.12. The van der Waals surface area contributed by atoms with Gasteiger partial charge in [0.25, 0.3) is 0 Å². The fourth-order valence-corrected chi connectivity index (χ4v) is 3.80. The molecule has 3 rings (SSSR count). The molecular weight excluding hydrogens is 266 g/mol. The van der Waals surface area contributed by atoms with Gasteiger partial charge in [0.1, 0.15) is 0 Å². The summed E-state index contributed by atoms with van der Waals surface area (Å²) in [7, 11) is 0. The minimum atomic E-state index is 0.387. The highest BCUT2D eigenvalue weighted by atomic mass is 35.5. The van der Waals surface area contributed by atoms with Gasteiger partial charge in [0.15, 0.2) is 0 Å². The summed E-state index contributed by atoms with van der Waals surface area (Å²) in [6.45, 7) is 2.67. The number of fused-ring (bicyclic) bond motifs is 1. The lowest BCUT2D eigenvalue weighted by molar-refractivity contribution is 0.110. The highest BCUT2D eigenvalue weighted by Crippen LogP contribution is 2.34. The Bertz CT molecular complexity index is 534. The van der Waals surface area contributed by atoms with Crippen LogP contribution >= 0.6 is 22.9 Å². The Morgan fingerprint density at radius 3 is 3.06 bits per heavy atom. The van der Waals surface area contributed by atoms with Crippen LogP contribution in [-0.2, 0) is 11.3 Å². The van der Waals surface area contributed by atoms with Gasteiger partial charge in [-0.2, -0.15) is 0 Å². The zero-order valence-electron chi connectivity index (χ0n) is 10.1. The summed E-state index contributed by atoms with van der Waals surface area (Å²) in [6, 6.07) is 8.29. The Hall–Kier alpha value is -0.610. The van der Waals surface area contributed by atoms with Crippen molar-refractivity contribution in [3.05, 3.63) is 34.2 Å². The number of halogens is 1. The van der Waals surface area contributed by atoms with E-state index >= 15 is 0 Å². The SMILES string of the molecule is Clc1c(CNCC2CCCO2)sc2ccccc12. The lowest BCUT2D eigenvalue weighted by atomic mass is 10.2. The average molecular weight is 282 g/mol. The van der Waals surface area contributed by atoms with Crippen LogP contribution in [-0.4, -0.2) is 19.3 Å². The summed E-state index contributed by atoms with van der Waals surface area (Å²) < 4.78 is 6.85. The van der Waals surface area contributed by atoms with Crippen molar-refractivity contribution in [2.24, 2.45) is 0 Å². The molecule has 4 heteroatoms. The third-order valence-electron chi connectivity index (χ3n) is 3.28. The van der Waals surface area contributed by atoms with Gasteiger partial charge in [-0.3, -0.25) is 0 Å². The molecule has 96 valence electrons. The van der Waals surface area contributed by atoms with Crippen molar-refractivity contribution in [1.29, 1.82) is 0 Å². The molecule has 0 amide bonds. The van der Waals surface area contributed by atoms with Crippen LogP contribution in [0.25, 0.3) is 10.1 Å². The quantitative estimate of drug-likeness (QED) is 0.920.